The van der Waals surface area contributed by atoms with Gasteiger partial charge in [-0.05, 0) is 59.9 Å². The number of hydrogen-bond acceptors (Lipinski definition) is 2. The van der Waals surface area contributed by atoms with Crippen LogP contribution in [0.4, 0.5) is 0 Å². The lowest BCUT2D eigenvalue weighted by atomic mass is 10.0. The zero-order valence-corrected chi connectivity index (χ0v) is 21.2. The molecule has 0 aliphatic heterocycles. The molecule has 182 valence electrons. The van der Waals surface area contributed by atoms with Crippen LogP contribution in [0.15, 0.2) is 87.7 Å². The molecule has 0 N–H and O–H groups in total. The van der Waals surface area contributed by atoms with Crippen molar-refractivity contribution in [1.29, 1.82) is 0 Å². The lowest BCUT2D eigenvalue weighted by Crippen LogP contribution is -1.86. The molecule has 6 rings (SSSR count). The van der Waals surface area contributed by atoms with E-state index in [2.05, 4.69) is 79.7 Å². The Morgan fingerprint density at radius 3 is 1.78 bits per heavy atom. The third kappa shape index (κ3) is 4.41. The van der Waals surface area contributed by atoms with Gasteiger partial charge in [0.15, 0.2) is 11.2 Å². The molecule has 0 saturated heterocycles. The SMILES string of the molecule is CCCCCCCCCCc1ccc2c(c1)oc1c2ccc2c3ccc(-c4ccccc4)cc3oc21. The number of rotatable bonds is 10. The van der Waals surface area contributed by atoms with Gasteiger partial charge in [-0.1, -0.05) is 100 Å². The number of benzene rings is 4. The van der Waals surface area contributed by atoms with Crippen molar-refractivity contribution >= 4 is 43.9 Å². The molecule has 0 spiro atoms. The highest BCUT2D eigenvalue weighted by atomic mass is 16.4. The summed E-state index contributed by atoms with van der Waals surface area (Å²) in [6.45, 7) is 2.28. The average molecular weight is 475 g/mol. The summed E-state index contributed by atoms with van der Waals surface area (Å²) in [4.78, 5) is 0. The van der Waals surface area contributed by atoms with Gasteiger partial charge in [-0.2, -0.15) is 0 Å². The molecule has 0 aliphatic rings. The minimum absolute atomic E-state index is 0.841. The topological polar surface area (TPSA) is 26.3 Å². The number of hydrogen-bond donors (Lipinski definition) is 0. The highest BCUT2D eigenvalue weighted by molar-refractivity contribution is 6.19. The van der Waals surface area contributed by atoms with Gasteiger partial charge < -0.3 is 8.83 Å². The van der Waals surface area contributed by atoms with Crippen molar-refractivity contribution < 1.29 is 8.83 Å². The number of fused-ring (bicyclic) bond motifs is 7. The van der Waals surface area contributed by atoms with Gasteiger partial charge in [0, 0.05) is 21.5 Å². The van der Waals surface area contributed by atoms with Crippen LogP contribution in [0.5, 0.6) is 0 Å². The van der Waals surface area contributed by atoms with Gasteiger partial charge in [0.2, 0.25) is 0 Å². The number of unbranched alkanes of at least 4 members (excludes halogenated alkanes) is 7. The van der Waals surface area contributed by atoms with E-state index in [9.17, 15) is 0 Å². The third-order valence-corrected chi connectivity index (χ3v) is 7.57. The molecule has 0 amide bonds. The molecular formula is C34H34O2. The first-order valence-electron chi connectivity index (χ1n) is 13.7. The van der Waals surface area contributed by atoms with Gasteiger partial charge in [0.1, 0.15) is 11.2 Å². The van der Waals surface area contributed by atoms with E-state index in [1.165, 1.54) is 62.5 Å². The van der Waals surface area contributed by atoms with Gasteiger partial charge in [0.05, 0.1) is 0 Å². The van der Waals surface area contributed by atoms with E-state index in [1.54, 1.807) is 0 Å². The zero-order valence-electron chi connectivity index (χ0n) is 21.2. The molecule has 4 aromatic carbocycles. The van der Waals surface area contributed by atoms with E-state index in [1.807, 2.05) is 6.07 Å². The molecule has 2 heterocycles. The summed E-state index contributed by atoms with van der Waals surface area (Å²) in [5, 5.41) is 4.52. The molecule has 0 unspecified atom stereocenters. The van der Waals surface area contributed by atoms with Gasteiger partial charge in [-0.25, -0.2) is 0 Å². The van der Waals surface area contributed by atoms with Crippen LogP contribution in [0, 0.1) is 0 Å². The maximum Gasteiger partial charge on any atom is 0.178 e. The van der Waals surface area contributed by atoms with E-state index < -0.39 is 0 Å². The predicted octanol–water partition coefficient (Wildman–Crippen LogP) is 10.8. The summed E-state index contributed by atoms with van der Waals surface area (Å²) in [5.74, 6) is 0. The minimum atomic E-state index is 0.841. The highest BCUT2D eigenvalue weighted by Crippen LogP contribution is 2.39. The molecule has 0 aliphatic carbocycles. The Labute approximate surface area is 212 Å². The zero-order chi connectivity index (χ0) is 24.3. The fraction of sp³-hybridized carbons (Fsp3) is 0.294. The van der Waals surface area contributed by atoms with E-state index >= 15 is 0 Å². The van der Waals surface area contributed by atoms with E-state index in [0.29, 0.717) is 0 Å². The van der Waals surface area contributed by atoms with Gasteiger partial charge in [0.25, 0.3) is 0 Å². The Bertz CT molecular complexity index is 1620. The second kappa shape index (κ2) is 10.2. The first-order chi connectivity index (χ1) is 17.8. The molecule has 2 heteroatoms. The lowest BCUT2D eigenvalue weighted by molar-refractivity contribution is 0.575. The van der Waals surface area contributed by atoms with Crippen molar-refractivity contribution in [2.45, 2.75) is 64.7 Å². The molecule has 0 saturated carbocycles. The quantitative estimate of drug-likeness (QED) is 0.185. The van der Waals surface area contributed by atoms with Crippen LogP contribution in [0.3, 0.4) is 0 Å². The van der Waals surface area contributed by atoms with Crippen LogP contribution in [0.1, 0.15) is 63.9 Å². The Kier molecular flexibility index (Phi) is 6.51. The van der Waals surface area contributed by atoms with Crippen LogP contribution < -0.4 is 0 Å². The molecule has 2 nitrogen and oxygen atoms in total. The Hall–Kier alpha value is -3.52. The first kappa shape index (κ1) is 22.9. The van der Waals surface area contributed by atoms with Gasteiger partial charge in [-0.3, -0.25) is 0 Å². The summed E-state index contributed by atoms with van der Waals surface area (Å²) < 4.78 is 12.9. The summed E-state index contributed by atoms with van der Waals surface area (Å²) in [6.07, 6.45) is 11.9. The summed E-state index contributed by atoms with van der Waals surface area (Å²) in [7, 11) is 0. The van der Waals surface area contributed by atoms with Crippen molar-refractivity contribution in [3.8, 4) is 11.1 Å². The Morgan fingerprint density at radius 2 is 1.08 bits per heavy atom. The Morgan fingerprint density at radius 1 is 0.500 bits per heavy atom. The molecule has 0 bridgehead atoms. The molecule has 2 aromatic heterocycles. The maximum atomic E-state index is 6.44. The minimum Gasteiger partial charge on any atom is -0.452 e. The van der Waals surface area contributed by atoms with Crippen LogP contribution in [-0.2, 0) is 6.42 Å². The van der Waals surface area contributed by atoms with E-state index in [4.69, 9.17) is 8.83 Å². The summed E-state index contributed by atoms with van der Waals surface area (Å²) in [5.41, 5.74) is 7.26. The number of furan rings is 2. The van der Waals surface area contributed by atoms with Crippen LogP contribution in [-0.4, -0.2) is 0 Å². The lowest BCUT2D eigenvalue weighted by Gasteiger charge is -2.03. The Balaban J connectivity index is 1.26. The normalized spacial score (nSPS) is 11.9. The third-order valence-electron chi connectivity index (χ3n) is 7.57. The molecular weight excluding hydrogens is 440 g/mol. The van der Waals surface area contributed by atoms with Crippen molar-refractivity contribution in [2.75, 3.05) is 0 Å². The summed E-state index contributed by atoms with van der Waals surface area (Å²) >= 11 is 0. The van der Waals surface area contributed by atoms with Gasteiger partial charge in [-0.15, -0.1) is 0 Å². The maximum absolute atomic E-state index is 6.44. The molecule has 0 atom stereocenters. The molecule has 6 aromatic rings. The van der Waals surface area contributed by atoms with E-state index in [0.717, 1.165) is 55.9 Å². The van der Waals surface area contributed by atoms with Crippen molar-refractivity contribution in [1.82, 2.24) is 0 Å². The monoisotopic (exact) mass is 474 g/mol. The second-order valence-electron chi connectivity index (χ2n) is 10.2. The smallest absolute Gasteiger partial charge is 0.178 e. The second-order valence-corrected chi connectivity index (χ2v) is 10.2. The van der Waals surface area contributed by atoms with E-state index in [-0.39, 0.29) is 0 Å². The van der Waals surface area contributed by atoms with Crippen molar-refractivity contribution in [2.24, 2.45) is 0 Å². The predicted molar refractivity (Wildman–Crippen MR) is 153 cm³/mol. The molecule has 0 radical (unpaired) electrons. The molecule has 0 fully saturated rings. The summed E-state index contributed by atoms with van der Waals surface area (Å²) in [6, 6.07) is 28.0. The number of aryl methyl sites for hydroxylation is 1. The fourth-order valence-electron chi connectivity index (χ4n) is 5.54. The van der Waals surface area contributed by atoms with Gasteiger partial charge >= 0.3 is 0 Å². The fourth-order valence-corrected chi connectivity index (χ4v) is 5.54. The highest BCUT2D eigenvalue weighted by Gasteiger charge is 2.16. The standard InChI is InChI=1S/C34H34O2/c1-2-3-4-5-6-7-8-10-13-24-16-18-27-29-20-21-30-28-19-17-26(25-14-11-9-12-15-25)23-32(28)36-34(30)33(29)35-31(27)22-24/h9,11-12,14-23H,2-8,10,13H2,1H3. The van der Waals surface area contributed by atoms with Crippen LogP contribution >= 0.6 is 0 Å². The van der Waals surface area contributed by atoms with Crippen molar-refractivity contribution in [3.63, 3.8) is 0 Å². The van der Waals surface area contributed by atoms with Crippen LogP contribution in [0.25, 0.3) is 55.0 Å². The molecule has 36 heavy (non-hydrogen) atoms. The largest absolute Gasteiger partial charge is 0.452 e. The van der Waals surface area contributed by atoms with Crippen molar-refractivity contribution in [3.05, 3.63) is 84.4 Å². The van der Waals surface area contributed by atoms with Crippen LogP contribution in [0.2, 0.25) is 0 Å². The first-order valence-corrected chi connectivity index (χ1v) is 13.7. The average Bonchev–Trinajstić information content (AvgIpc) is 3.48.